The summed E-state index contributed by atoms with van der Waals surface area (Å²) in [5.41, 5.74) is 2.04. The first-order valence-electron chi connectivity index (χ1n) is 11.0. The van der Waals surface area contributed by atoms with Gasteiger partial charge in [-0.05, 0) is 44.9 Å². The molecule has 0 bridgehead atoms. The Morgan fingerprint density at radius 1 is 1.10 bits per heavy atom. The van der Waals surface area contributed by atoms with Gasteiger partial charge in [0.1, 0.15) is 12.4 Å². The second kappa shape index (κ2) is 8.78. The summed E-state index contributed by atoms with van der Waals surface area (Å²) in [6.07, 6.45) is 9.23. The van der Waals surface area contributed by atoms with E-state index >= 15 is 0 Å². The summed E-state index contributed by atoms with van der Waals surface area (Å²) in [6, 6.07) is -0.129. The largest absolute Gasteiger partial charge is 0.375 e. The van der Waals surface area contributed by atoms with Gasteiger partial charge in [-0.3, -0.25) is 14.5 Å². The van der Waals surface area contributed by atoms with E-state index < -0.39 is 0 Å². The third-order valence-corrected chi connectivity index (χ3v) is 6.66. The number of amides is 2. The smallest absolute Gasteiger partial charge is 0.249 e. The molecule has 1 saturated heterocycles. The summed E-state index contributed by atoms with van der Waals surface area (Å²) in [4.78, 5) is 38.7. The van der Waals surface area contributed by atoms with E-state index in [0.29, 0.717) is 31.1 Å². The number of anilines is 1. The summed E-state index contributed by atoms with van der Waals surface area (Å²) in [5, 5.41) is 0. The van der Waals surface area contributed by atoms with Crippen molar-refractivity contribution in [3.05, 3.63) is 17.1 Å². The molecule has 1 aromatic heterocycles. The molecule has 3 aliphatic rings. The standard InChI is InChI=1S/C22H32N4O3/c1-15-17-10-11-19(27)26(13-16-7-4-3-5-8-16)22(17)24-21(23-15)18-9-6-12-25(18)20(28)14-29-2/h16,18H,3-14H2,1-2H3/t18-/m0/s1. The van der Waals surface area contributed by atoms with Crippen LogP contribution in [-0.4, -0.2) is 53.5 Å². The number of hydrogen-bond donors (Lipinski definition) is 0. The van der Waals surface area contributed by atoms with E-state index in [1.54, 1.807) is 0 Å². The molecule has 2 amide bonds. The highest BCUT2D eigenvalue weighted by molar-refractivity contribution is 5.95. The summed E-state index contributed by atoms with van der Waals surface area (Å²) in [7, 11) is 1.54. The van der Waals surface area contributed by atoms with Gasteiger partial charge in [0.05, 0.1) is 6.04 Å². The Morgan fingerprint density at radius 3 is 2.66 bits per heavy atom. The summed E-state index contributed by atoms with van der Waals surface area (Å²) < 4.78 is 5.05. The first kappa shape index (κ1) is 20.3. The van der Waals surface area contributed by atoms with Crippen molar-refractivity contribution in [1.29, 1.82) is 0 Å². The van der Waals surface area contributed by atoms with E-state index in [0.717, 1.165) is 36.5 Å². The van der Waals surface area contributed by atoms with Crippen molar-refractivity contribution in [1.82, 2.24) is 14.9 Å². The Morgan fingerprint density at radius 2 is 1.90 bits per heavy atom. The zero-order valence-electron chi connectivity index (χ0n) is 17.7. The number of methoxy groups -OCH3 is 1. The normalized spacial score (nSPS) is 22.8. The number of ether oxygens (including phenoxy) is 1. The summed E-state index contributed by atoms with van der Waals surface area (Å²) >= 11 is 0. The Balaban J connectivity index is 1.64. The first-order valence-corrected chi connectivity index (χ1v) is 11.0. The van der Waals surface area contributed by atoms with Crippen LogP contribution in [0.25, 0.3) is 0 Å². The van der Waals surface area contributed by atoms with Gasteiger partial charge < -0.3 is 9.64 Å². The molecule has 29 heavy (non-hydrogen) atoms. The van der Waals surface area contributed by atoms with Crippen LogP contribution in [0.2, 0.25) is 0 Å². The molecule has 0 aromatic carbocycles. The molecule has 0 radical (unpaired) electrons. The van der Waals surface area contributed by atoms with E-state index in [9.17, 15) is 9.59 Å². The van der Waals surface area contributed by atoms with Crippen LogP contribution in [-0.2, 0) is 20.7 Å². The minimum absolute atomic E-state index is 0.0240. The van der Waals surface area contributed by atoms with Gasteiger partial charge in [-0.1, -0.05) is 19.3 Å². The van der Waals surface area contributed by atoms with Gasteiger partial charge in [-0.2, -0.15) is 0 Å². The molecule has 3 heterocycles. The fourth-order valence-corrected chi connectivity index (χ4v) is 5.11. The monoisotopic (exact) mass is 400 g/mol. The molecule has 2 fully saturated rings. The molecule has 0 spiro atoms. The van der Waals surface area contributed by atoms with Gasteiger partial charge in [-0.15, -0.1) is 0 Å². The average Bonchev–Trinajstić information content (AvgIpc) is 3.21. The van der Waals surface area contributed by atoms with Gasteiger partial charge in [0.25, 0.3) is 0 Å². The van der Waals surface area contributed by atoms with Crippen molar-refractivity contribution in [3.63, 3.8) is 0 Å². The fourth-order valence-electron chi connectivity index (χ4n) is 5.11. The number of carbonyl (C=O) groups is 2. The number of hydrogen-bond acceptors (Lipinski definition) is 5. The highest BCUT2D eigenvalue weighted by atomic mass is 16.5. The molecule has 7 heteroatoms. The summed E-state index contributed by atoms with van der Waals surface area (Å²) in [5.74, 6) is 2.17. The molecule has 158 valence electrons. The molecular formula is C22H32N4O3. The molecule has 2 aliphatic heterocycles. The van der Waals surface area contributed by atoms with Crippen LogP contribution >= 0.6 is 0 Å². The fraction of sp³-hybridized carbons (Fsp3) is 0.727. The number of nitrogens with zero attached hydrogens (tertiary/aromatic N) is 4. The molecule has 0 unspecified atom stereocenters. The molecule has 0 N–H and O–H groups in total. The second-order valence-corrected chi connectivity index (χ2v) is 8.66. The molecule has 1 atom stereocenters. The van der Waals surface area contributed by atoms with Crippen LogP contribution < -0.4 is 4.90 Å². The maximum atomic E-state index is 12.8. The number of carbonyl (C=O) groups excluding carboxylic acids is 2. The maximum absolute atomic E-state index is 12.8. The molecule has 1 saturated carbocycles. The lowest BCUT2D eigenvalue weighted by Gasteiger charge is -2.34. The molecular weight excluding hydrogens is 368 g/mol. The second-order valence-electron chi connectivity index (χ2n) is 8.66. The van der Waals surface area contributed by atoms with Gasteiger partial charge >= 0.3 is 0 Å². The number of likely N-dealkylation sites (tertiary alicyclic amines) is 1. The molecule has 4 rings (SSSR count). The van der Waals surface area contributed by atoms with E-state index in [-0.39, 0.29) is 24.5 Å². The molecule has 7 nitrogen and oxygen atoms in total. The van der Waals surface area contributed by atoms with Gasteiger partial charge in [0, 0.05) is 37.9 Å². The number of fused-ring (bicyclic) bond motifs is 1. The number of aromatic nitrogens is 2. The zero-order chi connectivity index (χ0) is 20.4. The van der Waals surface area contributed by atoms with Crippen LogP contribution in [0.15, 0.2) is 0 Å². The lowest BCUT2D eigenvalue weighted by molar-refractivity contribution is -0.136. The highest BCUT2D eigenvalue weighted by Crippen LogP contribution is 2.35. The van der Waals surface area contributed by atoms with E-state index in [1.807, 2.05) is 16.7 Å². The van der Waals surface area contributed by atoms with Crippen LogP contribution in [0, 0.1) is 12.8 Å². The maximum Gasteiger partial charge on any atom is 0.249 e. The third kappa shape index (κ3) is 4.15. The number of rotatable bonds is 5. The Bertz CT molecular complexity index is 776. The number of aryl methyl sites for hydroxylation is 1. The molecule has 1 aliphatic carbocycles. The lowest BCUT2D eigenvalue weighted by atomic mass is 9.88. The van der Waals surface area contributed by atoms with Gasteiger partial charge in [0.15, 0.2) is 5.82 Å². The first-order chi connectivity index (χ1) is 14.1. The topological polar surface area (TPSA) is 75.6 Å². The van der Waals surface area contributed by atoms with Crippen molar-refractivity contribution >= 4 is 17.6 Å². The molecule has 1 aromatic rings. The predicted octanol–water partition coefficient (Wildman–Crippen LogP) is 2.95. The van der Waals surface area contributed by atoms with Crippen LogP contribution in [0.5, 0.6) is 0 Å². The Labute approximate surface area is 172 Å². The van der Waals surface area contributed by atoms with E-state index in [4.69, 9.17) is 14.7 Å². The van der Waals surface area contributed by atoms with E-state index in [1.165, 1.54) is 39.2 Å². The highest BCUT2D eigenvalue weighted by Gasteiger charge is 2.35. The Kier molecular flexibility index (Phi) is 6.13. The van der Waals surface area contributed by atoms with Crippen LogP contribution in [0.4, 0.5) is 5.82 Å². The van der Waals surface area contributed by atoms with Gasteiger partial charge in [0.2, 0.25) is 11.8 Å². The third-order valence-electron chi connectivity index (χ3n) is 6.66. The van der Waals surface area contributed by atoms with Crippen LogP contribution in [0.1, 0.15) is 74.5 Å². The van der Waals surface area contributed by atoms with Crippen LogP contribution in [0.3, 0.4) is 0 Å². The minimum atomic E-state index is -0.129. The average molecular weight is 401 g/mol. The predicted molar refractivity (Wildman–Crippen MR) is 110 cm³/mol. The minimum Gasteiger partial charge on any atom is -0.375 e. The SMILES string of the molecule is COCC(=O)N1CCC[C@H]1c1nc(C)c2c(n1)N(CC1CCCCC1)C(=O)CC2. The van der Waals surface area contributed by atoms with Crippen molar-refractivity contribution < 1.29 is 14.3 Å². The Hall–Kier alpha value is -2.02. The van der Waals surface area contributed by atoms with Gasteiger partial charge in [-0.25, -0.2) is 9.97 Å². The summed E-state index contributed by atoms with van der Waals surface area (Å²) in [6.45, 7) is 3.55. The van der Waals surface area contributed by atoms with Crippen molar-refractivity contribution in [2.24, 2.45) is 5.92 Å². The zero-order valence-corrected chi connectivity index (χ0v) is 17.7. The van der Waals surface area contributed by atoms with Crippen molar-refractivity contribution in [3.8, 4) is 0 Å². The van der Waals surface area contributed by atoms with Crippen molar-refractivity contribution in [2.75, 3.05) is 31.7 Å². The lowest BCUT2D eigenvalue weighted by Crippen LogP contribution is -2.41. The van der Waals surface area contributed by atoms with Crippen molar-refractivity contribution in [2.45, 2.75) is 70.8 Å². The quantitative estimate of drug-likeness (QED) is 0.760. The van der Waals surface area contributed by atoms with E-state index in [2.05, 4.69) is 0 Å².